The average Bonchev–Trinajstić information content (AvgIpc) is 2.77. The van der Waals surface area contributed by atoms with Crippen LogP contribution in [-0.4, -0.2) is 57.2 Å². The van der Waals surface area contributed by atoms with Crippen molar-refractivity contribution in [2.24, 2.45) is 0 Å². The van der Waals surface area contributed by atoms with Crippen molar-refractivity contribution in [3.05, 3.63) is 60.2 Å². The predicted octanol–water partition coefficient (Wildman–Crippen LogP) is 3.52. The molecule has 0 aromatic heterocycles. The molecular formula is C24H33N3O2. The number of methoxy groups -OCH3 is 1. The van der Waals surface area contributed by atoms with E-state index in [1.165, 1.54) is 11.3 Å². The molecule has 0 radical (unpaired) electrons. The summed E-state index contributed by atoms with van der Waals surface area (Å²) in [6, 6.07) is 18.4. The van der Waals surface area contributed by atoms with Crippen molar-refractivity contribution < 1.29 is 9.53 Å². The highest BCUT2D eigenvalue weighted by Crippen LogP contribution is 2.28. The van der Waals surface area contributed by atoms with Gasteiger partial charge in [-0.1, -0.05) is 49.4 Å². The molecule has 5 heteroatoms. The fourth-order valence-corrected chi connectivity index (χ4v) is 3.88. The summed E-state index contributed by atoms with van der Waals surface area (Å²) in [6.07, 6.45) is 1.53. The minimum Gasteiger partial charge on any atom is -0.495 e. The molecule has 1 aliphatic heterocycles. The third-order valence-corrected chi connectivity index (χ3v) is 5.63. The van der Waals surface area contributed by atoms with Crippen LogP contribution in [0.4, 0.5) is 5.69 Å². The Kier molecular flexibility index (Phi) is 7.94. The monoisotopic (exact) mass is 395 g/mol. The molecule has 1 N–H and O–H groups in total. The highest BCUT2D eigenvalue weighted by atomic mass is 16.5. The van der Waals surface area contributed by atoms with Gasteiger partial charge in [0, 0.05) is 39.1 Å². The molecule has 0 spiro atoms. The molecule has 1 fully saturated rings. The van der Waals surface area contributed by atoms with Gasteiger partial charge in [-0.05, 0) is 36.6 Å². The number of nitrogens with one attached hydrogen (secondary N) is 1. The fourth-order valence-electron chi connectivity index (χ4n) is 3.88. The highest BCUT2D eigenvalue weighted by Gasteiger charge is 2.19. The summed E-state index contributed by atoms with van der Waals surface area (Å²) < 4.78 is 5.49. The zero-order valence-corrected chi connectivity index (χ0v) is 17.6. The maximum Gasteiger partial charge on any atom is 0.220 e. The van der Waals surface area contributed by atoms with Gasteiger partial charge in [0.05, 0.1) is 12.8 Å². The lowest BCUT2D eigenvalue weighted by Gasteiger charge is -2.36. The molecule has 1 atom stereocenters. The molecule has 0 aliphatic carbocycles. The van der Waals surface area contributed by atoms with E-state index in [4.69, 9.17) is 4.74 Å². The van der Waals surface area contributed by atoms with Crippen LogP contribution in [0.2, 0.25) is 0 Å². The van der Waals surface area contributed by atoms with Gasteiger partial charge in [0.15, 0.2) is 0 Å². The molecule has 1 saturated heterocycles. The number of carbonyl (C=O) groups is 1. The van der Waals surface area contributed by atoms with Crippen molar-refractivity contribution in [2.75, 3.05) is 51.3 Å². The first kappa shape index (κ1) is 21.2. The Balaban J connectivity index is 1.32. The van der Waals surface area contributed by atoms with E-state index < -0.39 is 0 Å². The number of anilines is 1. The van der Waals surface area contributed by atoms with Crippen LogP contribution in [0.5, 0.6) is 5.75 Å². The molecule has 1 unspecified atom stereocenters. The first-order valence-corrected chi connectivity index (χ1v) is 10.6. The van der Waals surface area contributed by atoms with Crippen LogP contribution < -0.4 is 15.0 Å². The van der Waals surface area contributed by atoms with Crippen molar-refractivity contribution in [1.82, 2.24) is 10.2 Å². The Morgan fingerprint density at radius 3 is 2.45 bits per heavy atom. The summed E-state index contributed by atoms with van der Waals surface area (Å²) in [5, 5.41) is 3.08. The van der Waals surface area contributed by atoms with E-state index in [0.717, 1.165) is 51.4 Å². The van der Waals surface area contributed by atoms with E-state index in [0.29, 0.717) is 6.42 Å². The van der Waals surface area contributed by atoms with E-state index >= 15 is 0 Å². The van der Waals surface area contributed by atoms with Gasteiger partial charge in [0.1, 0.15) is 5.75 Å². The Labute approximate surface area is 174 Å². The van der Waals surface area contributed by atoms with Crippen LogP contribution in [0.1, 0.15) is 31.2 Å². The number of benzene rings is 2. The number of hydrogen-bond donors (Lipinski definition) is 1. The number of carbonyl (C=O) groups excluding carboxylic acids is 1. The predicted molar refractivity (Wildman–Crippen MR) is 119 cm³/mol. The number of hydrogen-bond acceptors (Lipinski definition) is 4. The summed E-state index contributed by atoms with van der Waals surface area (Å²) in [7, 11) is 1.73. The molecule has 2 aromatic carbocycles. The van der Waals surface area contributed by atoms with E-state index in [1.54, 1.807) is 7.11 Å². The number of ether oxygens (including phenoxy) is 1. The van der Waals surface area contributed by atoms with E-state index in [1.807, 2.05) is 30.3 Å². The highest BCUT2D eigenvalue weighted by molar-refractivity contribution is 5.76. The molecule has 156 valence electrons. The summed E-state index contributed by atoms with van der Waals surface area (Å²) in [5.41, 5.74) is 2.39. The Hall–Kier alpha value is -2.53. The molecule has 2 aromatic rings. The van der Waals surface area contributed by atoms with Gasteiger partial charge >= 0.3 is 0 Å². The zero-order chi connectivity index (χ0) is 20.5. The molecule has 1 amide bonds. The Morgan fingerprint density at radius 1 is 1.03 bits per heavy atom. The van der Waals surface area contributed by atoms with E-state index in [9.17, 15) is 4.79 Å². The van der Waals surface area contributed by atoms with Crippen molar-refractivity contribution in [3.63, 3.8) is 0 Å². The second kappa shape index (κ2) is 10.9. The first-order chi connectivity index (χ1) is 14.2. The van der Waals surface area contributed by atoms with Crippen molar-refractivity contribution >= 4 is 11.6 Å². The van der Waals surface area contributed by atoms with Gasteiger partial charge in [-0.15, -0.1) is 0 Å². The molecule has 29 heavy (non-hydrogen) atoms. The molecule has 3 rings (SSSR count). The van der Waals surface area contributed by atoms with Gasteiger partial charge in [-0.25, -0.2) is 0 Å². The summed E-state index contributed by atoms with van der Waals surface area (Å²) in [4.78, 5) is 17.1. The molecule has 1 aliphatic rings. The Bertz CT molecular complexity index is 758. The minimum atomic E-state index is 0.141. The Morgan fingerprint density at radius 2 is 1.72 bits per heavy atom. The lowest BCUT2D eigenvalue weighted by molar-refractivity contribution is -0.121. The third kappa shape index (κ3) is 6.23. The van der Waals surface area contributed by atoms with Gasteiger partial charge in [-0.2, -0.15) is 0 Å². The first-order valence-electron chi connectivity index (χ1n) is 10.6. The largest absolute Gasteiger partial charge is 0.495 e. The number of rotatable bonds is 9. The van der Waals surface area contributed by atoms with Crippen molar-refractivity contribution in [3.8, 4) is 5.75 Å². The zero-order valence-electron chi connectivity index (χ0n) is 17.6. The van der Waals surface area contributed by atoms with Crippen LogP contribution in [-0.2, 0) is 4.79 Å². The van der Waals surface area contributed by atoms with Crippen LogP contribution in [0, 0.1) is 0 Å². The second-order valence-electron chi connectivity index (χ2n) is 7.72. The number of nitrogens with zero attached hydrogens (tertiary/aromatic N) is 2. The average molecular weight is 396 g/mol. The van der Waals surface area contributed by atoms with E-state index in [-0.39, 0.29) is 11.8 Å². The van der Waals surface area contributed by atoms with Crippen LogP contribution in [0.3, 0.4) is 0 Å². The quantitative estimate of drug-likeness (QED) is 0.660. The third-order valence-electron chi connectivity index (χ3n) is 5.63. The van der Waals surface area contributed by atoms with Crippen LogP contribution in [0.25, 0.3) is 0 Å². The molecule has 0 bridgehead atoms. The van der Waals surface area contributed by atoms with Gasteiger partial charge in [0.25, 0.3) is 0 Å². The van der Waals surface area contributed by atoms with Gasteiger partial charge in [0.2, 0.25) is 5.91 Å². The van der Waals surface area contributed by atoms with Crippen molar-refractivity contribution in [1.29, 1.82) is 0 Å². The van der Waals surface area contributed by atoms with Gasteiger partial charge < -0.3 is 15.0 Å². The topological polar surface area (TPSA) is 44.8 Å². The molecule has 5 nitrogen and oxygen atoms in total. The standard InChI is InChI=1S/C24H33N3O2/c1-20(21-9-4-3-5-10-21)19-24(28)25-13-8-14-26-15-17-27(18-16-26)22-11-6-7-12-23(22)29-2/h3-7,9-12,20H,8,13-19H2,1-2H3,(H,25,28). The second-order valence-corrected chi connectivity index (χ2v) is 7.72. The molecular weight excluding hydrogens is 362 g/mol. The van der Waals surface area contributed by atoms with Gasteiger partial charge in [-0.3, -0.25) is 9.69 Å². The smallest absolute Gasteiger partial charge is 0.220 e. The molecule has 1 heterocycles. The molecule has 0 saturated carbocycles. The lowest BCUT2D eigenvalue weighted by Crippen LogP contribution is -2.47. The maximum absolute atomic E-state index is 12.2. The number of para-hydroxylation sites is 2. The van der Waals surface area contributed by atoms with Crippen LogP contribution in [0.15, 0.2) is 54.6 Å². The normalized spacial score (nSPS) is 15.7. The van der Waals surface area contributed by atoms with E-state index in [2.05, 4.69) is 46.3 Å². The number of amides is 1. The summed E-state index contributed by atoms with van der Waals surface area (Å²) in [6.45, 7) is 7.95. The fraction of sp³-hybridized carbons (Fsp3) is 0.458. The van der Waals surface area contributed by atoms with Crippen LogP contribution >= 0.6 is 0 Å². The maximum atomic E-state index is 12.2. The summed E-state index contributed by atoms with van der Waals surface area (Å²) >= 11 is 0. The van der Waals surface area contributed by atoms with Crippen molar-refractivity contribution in [2.45, 2.75) is 25.7 Å². The SMILES string of the molecule is COc1ccccc1N1CCN(CCCNC(=O)CC(C)c2ccccc2)CC1. The summed E-state index contributed by atoms with van der Waals surface area (Å²) in [5.74, 6) is 1.33. The number of piperazine rings is 1. The minimum absolute atomic E-state index is 0.141. The lowest BCUT2D eigenvalue weighted by atomic mass is 9.97.